The van der Waals surface area contributed by atoms with Crippen molar-refractivity contribution in [1.82, 2.24) is 9.88 Å². The summed E-state index contributed by atoms with van der Waals surface area (Å²) in [6, 6.07) is 12.2. The van der Waals surface area contributed by atoms with E-state index >= 15 is 0 Å². The Balaban J connectivity index is 2.05. The molecule has 0 aliphatic heterocycles. The number of alkyl halides is 3. The van der Waals surface area contributed by atoms with E-state index in [9.17, 15) is 18.0 Å². The molecule has 4 nitrogen and oxygen atoms in total. The van der Waals surface area contributed by atoms with Gasteiger partial charge >= 0.3 is 6.18 Å². The van der Waals surface area contributed by atoms with Crippen molar-refractivity contribution in [3.8, 4) is 5.75 Å². The zero-order valence-electron chi connectivity index (χ0n) is 17.5. The van der Waals surface area contributed by atoms with Crippen molar-refractivity contribution in [2.75, 3.05) is 6.61 Å². The van der Waals surface area contributed by atoms with Gasteiger partial charge in [0.25, 0.3) is 5.91 Å². The third kappa shape index (κ3) is 5.10. The number of halogens is 3. The number of aromatic nitrogens is 1. The van der Waals surface area contributed by atoms with Crippen LogP contribution < -0.4 is 10.1 Å². The fourth-order valence-corrected chi connectivity index (χ4v) is 3.27. The van der Waals surface area contributed by atoms with Crippen molar-refractivity contribution in [2.45, 2.75) is 39.0 Å². The molecule has 7 heteroatoms. The number of benzene rings is 2. The van der Waals surface area contributed by atoms with Gasteiger partial charge in [-0.05, 0) is 49.2 Å². The Morgan fingerprint density at radius 2 is 1.94 bits per heavy atom. The Morgan fingerprint density at radius 3 is 2.55 bits per heavy atom. The largest absolute Gasteiger partial charge is 0.489 e. The minimum Gasteiger partial charge on any atom is -0.489 e. The predicted molar refractivity (Wildman–Crippen MR) is 115 cm³/mol. The number of hydrogen-bond donors (Lipinski definition) is 1. The van der Waals surface area contributed by atoms with Gasteiger partial charge in [0.2, 0.25) is 0 Å². The van der Waals surface area contributed by atoms with Crippen LogP contribution in [-0.2, 0) is 12.7 Å². The normalized spacial score (nSPS) is 12.5. The number of nitrogens with one attached hydrogen (secondary N) is 1. The third-order valence-electron chi connectivity index (χ3n) is 5.11. The highest BCUT2D eigenvalue weighted by molar-refractivity contribution is 6.00. The Kier molecular flexibility index (Phi) is 6.73. The molecule has 3 aromatic rings. The van der Waals surface area contributed by atoms with Gasteiger partial charge in [-0.3, -0.25) is 4.79 Å². The number of hydrogen-bond acceptors (Lipinski definition) is 2. The molecule has 1 heterocycles. The number of amides is 1. The van der Waals surface area contributed by atoms with Gasteiger partial charge in [-0.1, -0.05) is 37.8 Å². The van der Waals surface area contributed by atoms with Crippen molar-refractivity contribution < 1.29 is 22.7 Å². The first-order valence-corrected chi connectivity index (χ1v) is 10.1. The number of rotatable bonds is 8. The molecular formula is C24H25F3N2O2. The van der Waals surface area contributed by atoms with E-state index in [1.54, 1.807) is 16.7 Å². The van der Waals surface area contributed by atoms with Gasteiger partial charge in [-0.15, -0.1) is 0 Å². The van der Waals surface area contributed by atoms with Crippen LogP contribution in [0.3, 0.4) is 0 Å². The smallest absolute Gasteiger partial charge is 0.416 e. The first-order valence-electron chi connectivity index (χ1n) is 10.1. The topological polar surface area (TPSA) is 43.3 Å². The summed E-state index contributed by atoms with van der Waals surface area (Å²) in [7, 11) is 0. The molecule has 2 aromatic carbocycles. The first kappa shape index (κ1) is 22.5. The summed E-state index contributed by atoms with van der Waals surface area (Å²) < 4.78 is 46.2. The molecule has 1 N–H and O–H groups in total. The van der Waals surface area contributed by atoms with E-state index in [-0.39, 0.29) is 18.5 Å². The Morgan fingerprint density at radius 1 is 1.23 bits per heavy atom. The van der Waals surface area contributed by atoms with Crippen molar-refractivity contribution in [1.29, 1.82) is 0 Å². The first-order chi connectivity index (χ1) is 14.7. The average molecular weight is 430 g/mol. The van der Waals surface area contributed by atoms with Crippen molar-refractivity contribution >= 4 is 16.8 Å². The summed E-state index contributed by atoms with van der Waals surface area (Å²) in [4.78, 5) is 13.0. The SMILES string of the molecule is C=CCOc1cccc2c1cc(C(=O)NC(C)CC)n2Cc1ccc(C(F)(F)F)cc1. The number of fused-ring (bicyclic) bond motifs is 1. The monoisotopic (exact) mass is 430 g/mol. The maximum atomic E-state index is 13.0. The van der Waals surface area contributed by atoms with Gasteiger partial charge in [-0.2, -0.15) is 13.2 Å². The lowest BCUT2D eigenvalue weighted by atomic mass is 10.1. The van der Waals surface area contributed by atoms with Crippen LogP contribution in [0, 0.1) is 0 Å². The molecule has 164 valence electrons. The molecule has 3 rings (SSSR count). The summed E-state index contributed by atoms with van der Waals surface area (Å²) in [5, 5.41) is 3.71. The lowest BCUT2D eigenvalue weighted by molar-refractivity contribution is -0.137. The van der Waals surface area contributed by atoms with Gasteiger partial charge in [-0.25, -0.2) is 0 Å². The number of nitrogens with zero attached hydrogens (tertiary/aromatic N) is 1. The van der Waals surface area contributed by atoms with Crippen molar-refractivity contribution in [2.24, 2.45) is 0 Å². The summed E-state index contributed by atoms with van der Waals surface area (Å²) >= 11 is 0. The second kappa shape index (κ2) is 9.29. The Hall–Kier alpha value is -3.22. The molecule has 1 unspecified atom stereocenters. The van der Waals surface area contributed by atoms with Crippen LogP contribution in [0.2, 0.25) is 0 Å². The molecule has 31 heavy (non-hydrogen) atoms. The van der Waals surface area contributed by atoms with E-state index in [0.717, 1.165) is 29.5 Å². The second-order valence-electron chi connectivity index (χ2n) is 7.38. The Labute approximate surface area is 179 Å². The van der Waals surface area contributed by atoms with Crippen LogP contribution >= 0.6 is 0 Å². The van der Waals surface area contributed by atoms with Gasteiger partial charge < -0.3 is 14.6 Å². The number of carbonyl (C=O) groups is 1. The van der Waals surface area contributed by atoms with Crippen LogP contribution in [0.5, 0.6) is 5.75 Å². The standard InChI is InChI=1S/C24H25F3N2O2/c1-4-13-31-22-8-6-7-20-19(22)14-21(23(30)28-16(3)5-2)29(20)15-17-9-11-18(12-10-17)24(25,26)27/h4,6-12,14,16H,1,5,13,15H2,2-3H3,(H,28,30). The molecule has 0 spiro atoms. The van der Waals surface area contributed by atoms with E-state index in [0.29, 0.717) is 23.6 Å². The molecule has 0 radical (unpaired) electrons. The van der Waals surface area contributed by atoms with Crippen molar-refractivity contribution in [3.63, 3.8) is 0 Å². The van der Waals surface area contributed by atoms with E-state index in [4.69, 9.17) is 4.74 Å². The summed E-state index contributed by atoms with van der Waals surface area (Å²) in [6.07, 6.45) is -1.98. The van der Waals surface area contributed by atoms with E-state index in [1.807, 2.05) is 32.0 Å². The van der Waals surface area contributed by atoms with Crippen molar-refractivity contribution in [3.05, 3.63) is 78.0 Å². The van der Waals surface area contributed by atoms with E-state index in [1.165, 1.54) is 12.1 Å². The highest BCUT2D eigenvalue weighted by Gasteiger charge is 2.30. The van der Waals surface area contributed by atoms with Crippen LogP contribution in [-0.4, -0.2) is 23.1 Å². The predicted octanol–water partition coefficient (Wildman–Crippen LogP) is 5.80. The minimum atomic E-state index is -4.39. The fraction of sp³-hybridized carbons (Fsp3) is 0.292. The molecule has 0 saturated carbocycles. The van der Waals surface area contributed by atoms with E-state index in [2.05, 4.69) is 11.9 Å². The molecule has 0 saturated heterocycles. The molecule has 0 aliphatic carbocycles. The zero-order chi connectivity index (χ0) is 22.6. The minimum absolute atomic E-state index is 0.0125. The van der Waals surface area contributed by atoms with Crippen LogP contribution in [0.25, 0.3) is 10.9 Å². The molecular weight excluding hydrogens is 405 g/mol. The summed E-state index contributed by atoms with van der Waals surface area (Å²) in [6.45, 7) is 8.11. The van der Waals surface area contributed by atoms with Crippen LogP contribution in [0.15, 0.2) is 61.2 Å². The lowest BCUT2D eigenvalue weighted by Crippen LogP contribution is -2.33. The molecule has 1 aromatic heterocycles. The van der Waals surface area contributed by atoms with Crippen LogP contribution in [0.1, 0.15) is 41.9 Å². The second-order valence-corrected chi connectivity index (χ2v) is 7.38. The highest BCUT2D eigenvalue weighted by Crippen LogP contribution is 2.31. The van der Waals surface area contributed by atoms with Crippen LogP contribution in [0.4, 0.5) is 13.2 Å². The maximum Gasteiger partial charge on any atom is 0.416 e. The van der Waals surface area contributed by atoms with Gasteiger partial charge in [0.15, 0.2) is 0 Å². The molecule has 1 amide bonds. The molecule has 1 atom stereocenters. The van der Waals surface area contributed by atoms with Gasteiger partial charge in [0, 0.05) is 18.0 Å². The highest BCUT2D eigenvalue weighted by atomic mass is 19.4. The van der Waals surface area contributed by atoms with Gasteiger partial charge in [0.05, 0.1) is 11.1 Å². The maximum absolute atomic E-state index is 13.0. The van der Waals surface area contributed by atoms with Gasteiger partial charge in [0.1, 0.15) is 18.1 Å². The quantitative estimate of drug-likeness (QED) is 0.459. The third-order valence-corrected chi connectivity index (χ3v) is 5.11. The number of carbonyl (C=O) groups excluding carboxylic acids is 1. The number of ether oxygens (including phenoxy) is 1. The Bertz CT molecular complexity index is 1070. The molecule has 0 bridgehead atoms. The fourth-order valence-electron chi connectivity index (χ4n) is 3.27. The summed E-state index contributed by atoms with van der Waals surface area (Å²) in [5.74, 6) is 0.369. The van der Waals surface area contributed by atoms with E-state index < -0.39 is 11.7 Å². The molecule has 0 aliphatic rings. The zero-order valence-corrected chi connectivity index (χ0v) is 17.5. The average Bonchev–Trinajstić information content (AvgIpc) is 3.11. The summed E-state index contributed by atoms with van der Waals surface area (Å²) in [5.41, 5.74) is 1.13. The molecule has 0 fully saturated rings. The lowest BCUT2D eigenvalue weighted by Gasteiger charge is -2.15.